The number of nitrogens with two attached hydrogens (primary N) is 1. The van der Waals surface area contributed by atoms with E-state index in [1.807, 2.05) is 6.07 Å². The van der Waals surface area contributed by atoms with E-state index in [-0.39, 0.29) is 39.7 Å². The molecule has 0 radical (unpaired) electrons. The van der Waals surface area contributed by atoms with Gasteiger partial charge in [-0.25, -0.2) is 4.79 Å². The average Bonchev–Trinajstić information content (AvgIpc) is 2.72. The highest BCUT2D eigenvalue weighted by molar-refractivity contribution is 5.86. The van der Waals surface area contributed by atoms with Gasteiger partial charge in [0, 0.05) is 6.07 Å². The summed E-state index contributed by atoms with van der Waals surface area (Å²) in [6.07, 6.45) is 0. The van der Waals surface area contributed by atoms with E-state index < -0.39 is 27.9 Å². The summed E-state index contributed by atoms with van der Waals surface area (Å²) in [6, 6.07) is 10.7. The number of nitriles is 1. The second kappa shape index (κ2) is 6.82. The predicted molar refractivity (Wildman–Crippen MR) is 103 cm³/mol. The first-order valence-corrected chi connectivity index (χ1v) is 8.56. The molecule has 10 heteroatoms. The van der Waals surface area contributed by atoms with Crippen molar-refractivity contribution in [3.8, 4) is 23.3 Å². The minimum absolute atomic E-state index is 0.0571. The monoisotopic (exact) mass is 407 g/mol. The number of aromatic hydroxyl groups is 1. The van der Waals surface area contributed by atoms with Gasteiger partial charge in [0.05, 0.1) is 28.9 Å². The number of fused-ring (bicyclic) bond motifs is 3. The van der Waals surface area contributed by atoms with E-state index in [9.17, 15) is 25.3 Å². The minimum Gasteiger partial charge on any atom is -0.504 e. The van der Waals surface area contributed by atoms with Crippen LogP contribution < -0.4 is 20.8 Å². The zero-order valence-corrected chi connectivity index (χ0v) is 15.4. The molecule has 30 heavy (non-hydrogen) atoms. The van der Waals surface area contributed by atoms with Crippen LogP contribution in [0, 0.1) is 21.4 Å². The molecular formula is C20H13N3O7. The number of allylic oxidation sites excluding steroid dienone is 1. The van der Waals surface area contributed by atoms with Crippen molar-refractivity contribution in [3.63, 3.8) is 0 Å². The molecular weight excluding hydrogens is 394 g/mol. The number of para-hydroxylation sites is 1. The third kappa shape index (κ3) is 2.68. The first-order chi connectivity index (χ1) is 14.4. The highest BCUT2D eigenvalue weighted by atomic mass is 16.6. The van der Waals surface area contributed by atoms with E-state index in [1.54, 1.807) is 24.3 Å². The Kier molecular flexibility index (Phi) is 4.28. The summed E-state index contributed by atoms with van der Waals surface area (Å²) < 4.78 is 15.9. The molecule has 3 aromatic rings. The first kappa shape index (κ1) is 18.8. The number of rotatable bonds is 3. The van der Waals surface area contributed by atoms with E-state index in [2.05, 4.69) is 0 Å². The topological polar surface area (TPSA) is 162 Å². The zero-order chi connectivity index (χ0) is 21.6. The molecule has 0 spiro atoms. The summed E-state index contributed by atoms with van der Waals surface area (Å²) in [6.45, 7) is 0. The third-order valence-electron chi connectivity index (χ3n) is 4.78. The van der Waals surface area contributed by atoms with Crippen molar-refractivity contribution in [1.82, 2.24) is 0 Å². The number of benzene rings is 2. The molecule has 1 aromatic heterocycles. The Balaban J connectivity index is 2.09. The molecule has 150 valence electrons. The molecule has 3 N–H and O–H groups in total. The van der Waals surface area contributed by atoms with Gasteiger partial charge in [-0.2, -0.15) is 5.26 Å². The Morgan fingerprint density at radius 3 is 2.73 bits per heavy atom. The quantitative estimate of drug-likeness (QED) is 0.377. The van der Waals surface area contributed by atoms with E-state index in [0.29, 0.717) is 5.39 Å². The Labute approximate surface area is 168 Å². The van der Waals surface area contributed by atoms with Gasteiger partial charge < -0.3 is 24.7 Å². The van der Waals surface area contributed by atoms with Crippen molar-refractivity contribution >= 4 is 16.7 Å². The molecule has 0 bridgehead atoms. The summed E-state index contributed by atoms with van der Waals surface area (Å²) in [7, 11) is 1.17. The second-order valence-corrected chi connectivity index (χ2v) is 6.40. The predicted octanol–water partition coefficient (Wildman–Crippen LogP) is 2.63. The Bertz CT molecular complexity index is 1350. The van der Waals surface area contributed by atoms with Gasteiger partial charge in [-0.05, 0) is 23.8 Å². The fourth-order valence-corrected chi connectivity index (χ4v) is 3.53. The molecule has 1 aliphatic heterocycles. The van der Waals surface area contributed by atoms with Gasteiger partial charge in [0.1, 0.15) is 17.2 Å². The number of hydrogen-bond acceptors (Lipinski definition) is 9. The fraction of sp³-hybridized carbons (Fsp3) is 0.100. The summed E-state index contributed by atoms with van der Waals surface area (Å²) in [4.78, 5) is 23.5. The van der Waals surface area contributed by atoms with Crippen molar-refractivity contribution in [3.05, 3.63) is 79.5 Å². The highest BCUT2D eigenvalue weighted by Crippen LogP contribution is 2.47. The van der Waals surface area contributed by atoms with E-state index >= 15 is 0 Å². The lowest BCUT2D eigenvalue weighted by atomic mass is 9.83. The Hall–Kier alpha value is -4.52. The van der Waals surface area contributed by atoms with E-state index in [4.69, 9.17) is 19.6 Å². The normalized spacial score (nSPS) is 15.3. The van der Waals surface area contributed by atoms with Crippen LogP contribution in [-0.4, -0.2) is 17.1 Å². The number of nitrogens with zero attached hydrogens (tertiary/aromatic N) is 2. The van der Waals surface area contributed by atoms with Gasteiger partial charge >= 0.3 is 11.3 Å². The highest BCUT2D eigenvalue weighted by Gasteiger charge is 2.37. The number of phenols is 1. The molecule has 0 amide bonds. The Morgan fingerprint density at radius 1 is 1.33 bits per heavy atom. The molecule has 10 nitrogen and oxygen atoms in total. The lowest BCUT2D eigenvalue weighted by molar-refractivity contribution is -0.385. The molecule has 2 heterocycles. The maximum absolute atomic E-state index is 12.8. The second-order valence-electron chi connectivity index (χ2n) is 6.40. The molecule has 0 saturated carbocycles. The standard InChI is InChI=1S/C20H13N3O7/c1-28-18-12(23(26)27)6-9(7-13(18)24)15-11(8-21)19(22)30-17-10-4-2-3-5-14(10)29-20(25)16(15)17/h2-7,15,24H,22H2,1H3/t15-/m1/s1. The van der Waals surface area contributed by atoms with Crippen LogP contribution in [0.4, 0.5) is 5.69 Å². The first-order valence-electron chi connectivity index (χ1n) is 8.56. The number of methoxy groups -OCH3 is 1. The molecule has 2 aromatic carbocycles. The van der Waals surface area contributed by atoms with Crippen LogP contribution in [0.1, 0.15) is 17.0 Å². The lowest BCUT2D eigenvalue weighted by Crippen LogP contribution is -2.26. The molecule has 1 aliphatic rings. The fourth-order valence-electron chi connectivity index (χ4n) is 3.53. The number of ether oxygens (including phenoxy) is 2. The zero-order valence-electron chi connectivity index (χ0n) is 15.4. The van der Waals surface area contributed by atoms with Crippen LogP contribution in [0.5, 0.6) is 17.2 Å². The van der Waals surface area contributed by atoms with Crippen LogP contribution in [0.25, 0.3) is 11.0 Å². The van der Waals surface area contributed by atoms with E-state index in [0.717, 1.165) is 6.07 Å². The van der Waals surface area contributed by atoms with Crippen molar-refractivity contribution in [1.29, 1.82) is 5.26 Å². The molecule has 0 unspecified atom stereocenters. The minimum atomic E-state index is -1.16. The van der Waals surface area contributed by atoms with Gasteiger partial charge in [0.25, 0.3) is 0 Å². The number of nitro benzene ring substituents is 1. The van der Waals surface area contributed by atoms with Gasteiger partial charge in [0.15, 0.2) is 11.5 Å². The largest absolute Gasteiger partial charge is 0.504 e. The van der Waals surface area contributed by atoms with Gasteiger partial charge in [-0.1, -0.05) is 12.1 Å². The molecule has 0 aliphatic carbocycles. The van der Waals surface area contributed by atoms with Gasteiger partial charge in [-0.15, -0.1) is 0 Å². The number of hydrogen-bond donors (Lipinski definition) is 2. The average molecular weight is 407 g/mol. The van der Waals surface area contributed by atoms with Crippen molar-refractivity contribution in [2.75, 3.05) is 7.11 Å². The third-order valence-corrected chi connectivity index (χ3v) is 4.78. The summed E-state index contributed by atoms with van der Waals surface area (Å²) in [5, 5.41) is 31.8. The Morgan fingerprint density at radius 2 is 2.07 bits per heavy atom. The van der Waals surface area contributed by atoms with Crippen molar-refractivity contribution in [2.24, 2.45) is 5.73 Å². The molecule has 4 rings (SSSR count). The molecule has 1 atom stereocenters. The lowest BCUT2D eigenvalue weighted by Gasteiger charge is -2.26. The van der Waals surface area contributed by atoms with Crippen LogP contribution in [0.3, 0.4) is 0 Å². The van der Waals surface area contributed by atoms with E-state index in [1.165, 1.54) is 13.2 Å². The van der Waals surface area contributed by atoms with Crippen LogP contribution in [0.2, 0.25) is 0 Å². The van der Waals surface area contributed by atoms with Crippen molar-refractivity contribution < 1.29 is 23.9 Å². The number of nitro groups is 1. The number of phenolic OH excluding ortho intramolecular Hbond substituents is 1. The summed E-state index contributed by atoms with van der Waals surface area (Å²) >= 11 is 0. The van der Waals surface area contributed by atoms with Crippen molar-refractivity contribution in [2.45, 2.75) is 5.92 Å². The van der Waals surface area contributed by atoms with Gasteiger partial charge in [0.2, 0.25) is 11.6 Å². The maximum atomic E-state index is 12.8. The van der Waals surface area contributed by atoms with Gasteiger partial charge in [-0.3, -0.25) is 10.1 Å². The summed E-state index contributed by atoms with van der Waals surface area (Å²) in [5.74, 6) is -2.21. The molecule has 0 saturated heterocycles. The van der Waals surface area contributed by atoms with Crippen LogP contribution in [-0.2, 0) is 0 Å². The maximum Gasteiger partial charge on any atom is 0.344 e. The molecule has 0 fully saturated rings. The summed E-state index contributed by atoms with van der Waals surface area (Å²) in [5.41, 5.74) is 4.72. The van der Waals surface area contributed by atoms with Crippen LogP contribution >= 0.6 is 0 Å². The smallest absolute Gasteiger partial charge is 0.344 e. The van der Waals surface area contributed by atoms with Crippen LogP contribution in [0.15, 0.2) is 57.1 Å². The SMILES string of the molecule is COc1c(O)cc([C@@H]2C(C#N)=C(N)Oc3c2c(=O)oc2ccccc32)cc1[N+](=O)[O-].